The molecule has 2 rings (SSSR count). The molecule has 0 bridgehead atoms. The molecule has 0 amide bonds. The average molecular weight is 207 g/mol. The fraction of sp³-hybridized carbons (Fsp3) is 0.455. The van der Waals surface area contributed by atoms with Gasteiger partial charge in [-0.05, 0) is 32.2 Å². The van der Waals surface area contributed by atoms with Crippen LogP contribution in [0.5, 0.6) is 5.75 Å². The summed E-state index contributed by atoms with van der Waals surface area (Å²) in [5.41, 5.74) is 7.45. The standard InChI is InChI=1S/C11H17N3O/c1-7-11(6-13-2)15-10-4-3-8(12)5-9(10)14-7/h3-5,7,11,13-14H,6,12H2,1-2H3. The van der Waals surface area contributed by atoms with Crippen LogP contribution in [0.4, 0.5) is 11.4 Å². The van der Waals surface area contributed by atoms with E-state index in [1.54, 1.807) is 0 Å². The second-order valence-corrected chi connectivity index (χ2v) is 3.90. The molecule has 4 N–H and O–H groups in total. The lowest BCUT2D eigenvalue weighted by molar-refractivity contribution is 0.174. The van der Waals surface area contributed by atoms with E-state index in [4.69, 9.17) is 10.5 Å². The van der Waals surface area contributed by atoms with Crippen LogP contribution in [0.3, 0.4) is 0 Å². The molecular weight excluding hydrogens is 190 g/mol. The summed E-state index contributed by atoms with van der Waals surface area (Å²) in [6, 6.07) is 5.95. The van der Waals surface area contributed by atoms with Crippen molar-refractivity contribution >= 4 is 11.4 Å². The molecule has 15 heavy (non-hydrogen) atoms. The van der Waals surface area contributed by atoms with E-state index < -0.39 is 0 Å². The number of hydrogen-bond donors (Lipinski definition) is 3. The van der Waals surface area contributed by atoms with Crippen LogP contribution in [0.25, 0.3) is 0 Å². The van der Waals surface area contributed by atoms with Crippen LogP contribution in [0.15, 0.2) is 18.2 Å². The van der Waals surface area contributed by atoms with Crippen LogP contribution < -0.4 is 21.1 Å². The molecule has 0 aliphatic carbocycles. The maximum atomic E-state index is 5.86. The van der Waals surface area contributed by atoms with Gasteiger partial charge in [0, 0.05) is 12.2 Å². The van der Waals surface area contributed by atoms with E-state index in [0.29, 0.717) is 0 Å². The first-order chi connectivity index (χ1) is 7.20. The number of nitrogen functional groups attached to an aromatic ring is 1. The third-order valence-electron chi connectivity index (χ3n) is 2.63. The quantitative estimate of drug-likeness (QED) is 0.634. The highest BCUT2D eigenvalue weighted by atomic mass is 16.5. The smallest absolute Gasteiger partial charge is 0.143 e. The van der Waals surface area contributed by atoms with Gasteiger partial charge in [-0.15, -0.1) is 0 Å². The maximum absolute atomic E-state index is 5.86. The minimum absolute atomic E-state index is 0.158. The number of rotatable bonds is 2. The van der Waals surface area contributed by atoms with Crippen molar-refractivity contribution in [2.24, 2.45) is 0 Å². The van der Waals surface area contributed by atoms with Crippen molar-refractivity contribution in [2.45, 2.75) is 19.1 Å². The summed E-state index contributed by atoms with van der Waals surface area (Å²) in [4.78, 5) is 0. The van der Waals surface area contributed by atoms with Crippen LogP contribution >= 0.6 is 0 Å². The molecule has 0 saturated carbocycles. The summed E-state index contributed by atoms with van der Waals surface area (Å²) in [7, 11) is 1.93. The zero-order valence-electron chi connectivity index (χ0n) is 9.08. The summed E-state index contributed by atoms with van der Waals surface area (Å²) in [6.45, 7) is 2.94. The lowest BCUT2D eigenvalue weighted by Crippen LogP contribution is -2.45. The van der Waals surface area contributed by atoms with Gasteiger partial charge < -0.3 is 21.1 Å². The van der Waals surface area contributed by atoms with Crippen molar-refractivity contribution in [3.8, 4) is 5.75 Å². The molecule has 4 nitrogen and oxygen atoms in total. The Labute approximate surface area is 89.8 Å². The Balaban J connectivity index is 2.22. The first-order valence-corrected chi connectivity index (χ1v) is 5.18. The van der Waals surface area contributed by atoms with Crippen LogP contribution in [0.2, 0.25) is 0 Å². The summed E-state index contributed by atoms with van der Waals surface area (Å²) < 4.78 is 5.86. The van der Waals surface area contributed by atoms with Gasteiger partial charge in [-0.2, -0.15) is 0 Å². The van der Waals surface area contributed by atoms with Gasteiger partial charge in [-0.25, -0.2) is 0 Å². The minimum Gasteiger partial charge on any atom is -0.485 e. The Hall–Kier alpha value is -1.42. The molecule has 82 valence electrons. The molecule has 0 fully saturated rings. The second-order valence-electron chi connectivity index (χ2n) is 3.90. The van der Waals surface area contributed by atoms with E-state index in [-0.39, 0.29) is 12.1 Å². The number of ether oxygens (including phenoxy) is 1. The fourth-order valence-electron chi connectivity index (χ4n) is 1.79. The van der Waals surface area contributed by atoms with Gasteiger partial charge in [0.25, 0.3) is 0 Å². The third-order valence-corrected chi connectivity index (χ3v) is 2.63. The molecule has 0 spiro atoms. The highest BCUT2D eigenvalue weighted by Crippen LogP contribution is 2.32. The number of fused-ring (bicyclic) bond motifs is 1. The number of likely N-dealkylation sites (N-methyl/N-ethyl adjacent to an activating group) is 1. The van der Waals surface area contributed by atoms with Gasteiger partial charge >= 0.3 is 0 Å². The largest absolute Gasteiger partial charge is 0.485 e. The molecule has 1 aliphatic rings. The molecule has 1 aromatic carbocycles. The summed E-state index contributed by atoms with van der Waals surface area (Å²) in [6.07, 6.45) is 0.158. The highest BCUT2D eigenvalue weighted by molar-refractivity contribution is 5.65. The van der Waals surface area contributed by atoms with Crippen molar-refractivity contribution in [2.75, 3.05) is 24.6 Å². The van der Waals surface area contributed by atoms with Crippen molar-refractivity contribution < 1.29 is 4.74 Å². The molecule has 0 radical (unpaired) electrons. The number of nitrogens with two attached hydrogens (primary N) is 1. The zero-order chi connectivity index (χ0) is 10.8. The predicted molar refractivity (Wildman–Crippen MR) is 62.3 cm³/mol. The summed E-state index contributed by atoms with van der Waals surface area (Å²) in [5.74, 6) is 0.877. The molecule has 1 aromatic rings. The lowest BCUT2D eigenvalue weighted by Gasteiger charge is -2.33. The molecular formula is C11H17N3O. The van der Waals surface area contributed by atoms with Crippen LogP contribution in [-0.4, -0.2) is 25.7 Å². The summed E-state index contributed by atoms with van der Waals surface area (Å²) >= 11 is 0. The fourth-order valence-corrected chi connectivity index (χ4v) is 1.79. The molecule has 2 unspecified atom stereocenters. The first kappa shape index (κ1) is 10.1. The first-order valence-electron chi connectivity index (χ1n) is 5.18. The molecule has 1 heterocycles. The molecule has 0 aromatic heterocycles. The normalized spacial score (nSPS) is 23.9. The number of hydrogen-bond acceptors (Lipinski definition) is 4. The van der Waals surface area contributed by atoms with Gasteiger partial charge in [-0.3, -0.25) is 0 Å². The van der Waals surface area contributed by atoms with Crippen LogP contribution in [-0.2, 0) is 0 Å². The summed E-state index contributed by atoms with van der Waals surface area (Å²) in [5, 5.41) is 6.51. The Bertz CT molecular complexity index is 354. The van der Waals surface area contributed by atoms with Gasteiger partial charge in [0.05, 0.1) is 11.7 Å². The van der Waals surface area contributed by atoms with Crippen molar-refractivity contribution in [1.82, 2.24) is 5.32 Å². The second kappa shape index (κ2) is 3.98. The van der Waals surface area contributed by atoms with Crippen molar-refractivity contribution in [3.05, 3.63) is 18.2 Å². The minimum atomic E-state index is 0.158. The van der Waals surface area contributed by atoms with Gasteiger partial charge in [0.15, 0.2) is 0 Å². The van der Waals surface area contributed by atoms with E-state index in [1.165, 1.54) is 0 Å². The Morgan fingerprint density at radius 3 is 3.07 bits per heavy atom. The SMILES string of the molecule is CNCC1Oc2ccc(N)cc2NC1C. The van der Waals surface area contributed by atoms with E-state index in [0.717, 1.165) is 23.7 Å². The lowest BCUT2D eigenvalue weighted by atomic mass is 10.1. The van der Waals surface area contributed by atoms with E-state index in [2.05, 4.69) is 17.6 Å². The number of nitrogens with one attached hydrogen (secondary N) is 2. The van der Waals surface area contributed by atoms with Crippen molar-refractivity contribution in [3.63, 3.8) is 0 Å². The Morgan fingerprint density at radius 2 is 2.33 bits per heavy atom. The van der Waals surface area contributed by atoms with Crippen LogP contribution in [0, 0.1) is 0 Å². The molecule has 0 saturated heterocycles. The van der Waals surface area contributed by atoms with Gasteiger partial charge in [-0.1, -0.05) is 0 Å². The number of anilines is 2. The predicted octanol–water partition coefficient (Wildman–Crippen LogP) is 1.05. The molecule has 1 aliphatic heterocycles. The van der Waals surface area contributed by atoms with Gasteiger partial charge in [0.1, 0.15) is 11.9 Å². The Morgan fingerprint density at radius 1 is 1.53 bits per heavy atom. The highest BCUT2D eigenvalue weighted by Gasteiger charge is 2.25. The molecule has 4 heteroatoms. The van der Waals surface area contributed by atoms with Crippen molar-refractivity contribution in [1.29, 1.82) is 0 Å². The van der Waals surface area contributed by atoms with E-state index in [1.807, 2.05) is 25.2 Å². The van der Waals surface area contributed by atoms with Crippen LogP contribution in [0.1, 0.15) is 6.92 Å². The van der Waals surface area contributed by atoms with Gasteiger partial charge in [0.2, 0.25) is 0 Å². The number of benzene rings is 1. The average Bonchev–Trinajstić information content (AvgIpc) is 2.20. The van der Waals surface area contributed by atoms with E-state index >= 15 is 0 Å². The third kappa shape index (κ3) is 1.99. The molecule has 2 atom stereocenters. The topological polar surface area (TPSA) is 59.3 Å². The maximum Gasteiger partial charge on any atom is 0.143 e. The zero-order valence-corrected chi connectivity index (χ0v) is 9.08. The monoisotopic (exact) mass is 207 g/mol. The Kier molecular flexibility index (Phi) is 2.68. The van der Waals surface area contributed by atoms with E-state index in [9.17, 15) is 0 Å².